The highest BCUT2D eigenvalue weighted by Gasteiger charge is 2.75. The van der Waals surface area contributed by atoms with Gasteiger partial charge in [-0.2, -0.15) is 0 Å². The smallest absolute Gasteiger partial charge is 0.245 e. The molecule has 3 saturated heterocycles. The van der Waals surface area contributed by atoms with Crippen molar-refractivity contribution in [2.24, 2.45) is 17.8 Å². The zero-order valence-corrected chi connectivity index (χ0v) is 19.4. The Balaban J connectivity index is 1.98. The molecule has 3 aliphatic rings. The van der Waals surface area contributed by atoms with Gasteiger partial charge in [-0.25, -0.2) is 0 Å². The first kappa shape index (κ1) is 24.0. The minimum atomic E-state index is -0.993. The van der Waals surface area contributed by atoms with Gasteiger partial charge >= 0.3 is 0 Å². The quantitative estimate of drug-likeness (QED) is 0.421. The molecule has 3 fully saturated rings. The van der Waals surface area contributed by atoms with Crippen LogP contribution in [0.5, 0.6) is 0 Å². The van der Waals surface area contributed by atoms with E-state index in [1.807, 2.05) is 20.8 Å². The number of fused-ring (bicyclic) bond motifs is 1. The molecule has 3 aliphatic heterocycles. The van der Waals surface area contributed by atoms with E-state index in [9.17, 15) is 19.5 Å². The minimum absolute atomic E-state index is 0.0136. The summed E-state index contributed by atoms with van der Waals surface area (Å²) in [6.07, 6.45) is 4.27. The van der Waals surface area contributed by atoms with Crippen LogP contribution in [0.2, 0.25) is 0 Å². The van der Waals surface area contributed by atoms with Crippen LogP contribution in [0.15, 0.2) is 0 Å². The molecule has 0 aromatic carbocycles. The third kappa shape index (κ3) is 3.97. The Hall–Kier alpha value is -1.67. The summed E-state index contributed by atoms with van der Waals surface area (Å²) in [6.45, 7) is 8.88. The number of nitrogens with zero attached hydrogens (tertiary/aromatic N) is 1. The Morgan fingerprint density at radius 3 is 2.52 bits per heavy atom. The molecule has 0 aliphatic carbocycles. The van der Waals surface area contributed by atoms with Gasteiger partial charge in [-0.05, 0) is 31.6 Å². The van der Waals surface area contributed by atoms with Gasteiger partial charge in [-0.1, -0.05) is 40.5 Å². The second kappa shape index (κ2) is 9.86. The molecule has 1 spiro atoms. The zero-order chi connectivity index (χ0) is 22.8. The first-order valence-electron chi connectivity index (χ1n) is 12.0. The maximum absolute atomic E-state index is 13.8. The summed E-state index contributed by atoms with van der Waals surface area (Å²) in [5, 5.41) is 16.1. The molecular formula is C23H39N3O5. The predicted octanol–water partition coefficient (Wildman–Crippen LogP) is 1.21. The standard InChI is InChI=1S/C23H39N3O5/c1-5-8-12-25-21(29)19-23-10-9-16(31-23)17(20(28)24-11-6-2)18(23)22(30)26(19)15(13-27)14(4)7-3/h14-19,27H,5-13H2,1-4H3,(H,24,28)(H,25,29)/t14-,15-,16-,17+,18-,19?,23?/m0/s1. The number of likely N-dealkylation sites (tertiary alicyclic amines) is 1. The SMILES string of the molecule is CCCCNC(=O)C1N([C@@H](CO)[C@@H](C)CC)C(=O)[C@@H]2[C@H](C(=O)NCCC)[C@@H]3CCC12O3. The molecule has 2 unspecified atom stereocenters. The van der Waals surface area contributed by atoms with Crippen LogP contribution in [-0.4, -0.2) is 71.2 Å². The van der Waals surface area contributed by atoms with Gasteiger partial charge < -0.3 is 25.4 Å². The van der Waals surface area contributed by atoms with Gasteiger partial charge in [0.2, 0.25) is 17.7 Å². The fraction of sp³-hybridized carbons (Fsp3) is 0.870. The van der Waals surface area contributed by atoms with Crippen molar-refractivity contribution >= 4 is 17.7 Å². The van der Waals surface area contributed by atoms with Crippen LogP contribution in [0.25, 0.3) is 0 Å². The van der Waals surface area contributed by atoms with E-state index in [4.69, 9.17) is 4.74 Å². The van der Waals surface area contributed by atoms with E-state index >= 15 is 0 Å². The third-order valence-electron chi connectivity index (χ3n) is 7.51. The van der Waals surface area contributed by atoms with E-state index < -0.39 is 29.5 Å². The largest absolute Gasteiger partial charge is 0.394 e. The predicted molar refractivity (Wildman–Crippen MR) is 116 cm³/mol. The van der Waals surface area contributed by atoms with Gasteiger partial charge in [-0.15, -0.1) is 0 Å². The number of ether oxygens (including phenoxy) is 1. The van der Waals surface area contributed by atoms with Crippen molar-refractivity contribution in [2.75, 3.05) is 19.7 Å². The second-order valence-electron chi connectivity index (χ2n) is 9.37. The number of nitrogens with one attached hydrogen (secondary N) is 2. The van der Waals surface area contributed by atoms with Gasteiger partial charge in [0, 0.05) is 13.1 Å². The van der Waals surface area contributed by atoms with Crippen LogP contribution >= 0.6 is 0 Å². The third-order valence-corrected chi connectivity index (χ3v) is 7.51. The monoisotopic (exact) mass is 437 g/mol. The lowest BCUT2D eigenvalue weighted by atomic mass is 9.70. The van der Waals surface area contributed by atoms with Gasteiger partial charge in [0.1, 0.15) is 11.6 Å². The molecule has 0 radical (unpaired) electrons. The van der Waals surface area contributed by atoms with Crippen LogP contribution in [0.3, 0.4) is 0 Å². The van der Waals surface area contributed by atoms with Crippen molar-refractivity contribution in [3.8, 4) is 0 Å². The molecule has 31 heavy (non-hydrogen) atoms. The lowest BCUT2D eigenvalue weighted by molar-refractivity contribution is -0.147. The summed E-state index contributed by atoms with van der Waals surface area (Å²) in [5.74, 6) is -1.87. The number of hydrogen-bond donors (Lipinski definition) is 3. The molecule has 2 bridgehead atoms. The van der Waals surface area contributed by atoms with E-state index in [1.165, 1.54) is 0 Å². The normalized spacial score (nSPS) is 33.3. The van der Waals surface area contributed by atoms with E-state index in [-0.39, 0.29) is 36.4 Å². The summed E-state index contributed by atoms with van der Waals surface area (Å²) < 4.78 is 6.38. The van der Waals surface area contributed by atoms with Crippen LogP contribution in [0.4, 0.5) is 0 Å². The van der Waals surface area contributed by atoms with Crippen molar-refractivity contribution in [1.29, 1.82) is 0 Å². The topological polar surface area (TPSA) is 108 Å². The fourth-order valence-corrected chi connectivity index (χ4v) is 5.71. The number of unbranched alkanes of at least 4 members (excludes halogenated alkanes) is 1. The summed E-state index contributed by atoms with van der Waals surface area (Å²) in [5.41, 5.74) is -0.993. The maximum atomic E-state index is 13.8. The number of hydrogen-bond acceptors (Lipinski definition) is 5. The van der Waals surface area contributed by atoms with E-state index in [1.54, 1.807) is 4.90 Å². The summed E-state index contributed by atoms with van der Waals surface area (Å²) in [6, 6.07) is -1.30. The number of aliphatic hydroxyl groups is 1. The van der Waals surface area contributed by atoms with Crippen LogP contribution in [0, 0.1) is 17.8 Å². The molecule has 7 atom stereocenters. The Morgan fingerprint density at radius 2 is 1.90 bits per heavy atom. The highest BCUT2D eigenvalue weighted by atomic mass is 16.5. The van der Waals surface area contributed by atoms with Crippen molar-refractivity contribution in [3.63, 3.8) is 0 Å². The van der Waals surface area contributed by atoms with Crippen molar-refractivity contribution in [2.45, 2.75) is 90.0 Å². The van der Waals surface area contributed by atoms with E-state index in [0.717, 1.165) is 25.7 Å². The fourth-order valence-electron chi connectivity index (χ4n) is 5.71. The van der Waals surface area contributed by atoms with Gasteiger partial charge in [0.15, 0.2) is 0 Å². The molecular weight excluding hydrogens is 398 g/mol. The number of carbonyl (C=O) groups excluding carboxylic acids is 3. The number of rotatable bonds is 11. The lowest BCUT2D eigenvalue weighted by Gasteiger charge is -2.38. The number of aliphatic hydroxyl groups excluding tert-OH is 1. The highest BCUT2D eigenvalue weighted by Crippen LogP contribution is 2.59. The van der Waals surface area contributed by atoms with Gasteiger partial charge in [0.25, 0.3) is 0 Å². The van der Waals surface area contributed by atoms with E-state index in [2.05, 4.69) is 17.6 Å². The molecule has 3 heterocycles. The Labute approximate surface area is 185 Å². The molecule has 8 heteroatoms. The summed E-state index contributed by atoms with van der Waals surface area (Å²) in [4.78, 5) is 41.8. The van der Waals surface area contributed by atoms with Crippen molar-refractivity contribution < 1.29 is 24.2 Å². The molecule has 0 aromatic heterocycles. The van der Waals surface area contributed by atoms with Gasteiger partial charge in [0.05, 0.1) is 30.6 Å². The second-order valence-corrected chi connectivity index (χ2v) is 9.37. The molecule has 0 aromatic rings. The Morgan fingerprint density at radius 1 is 1.19 bits per heavy atom. The molecule has 3 rings (SSSR count). The summed E-state index contributed by atoms with van der Waals surface area (Å²) >= 11 is 0. The maximum Gasteiger partial charge on any atom is 0.245 e. The number of amides is 3. The van der Waals surface area contributed by atoms with Crippen molar-refractivity contribution in [1.82, 2.24) is 15.5 Å². The first-order chi connectivity index (χ1) is 14.9. The Bertz CT molecular complexity index is 686. The zero-order valence-electron chi connectivity index (χ0n) is 19.4. The van der Waals surface area contributed by atoms with Crippen molar-refractivity contribution in [3.05, 3.63) is 0 Å². The number of carbonyl (C=O) groups is 3. The average molecular weight is 438 g/mol. The van der Waals surface area contributed by atoms with Crippen LogP contribution < -0.4 is 10.6 Å². The average Bonchev–Trinajstić information content (AvgIpc) is 3.40. The minimum Gasteiger partial charge on any atom is -0.394 e. The van der Waals surface area contributed by atoms with E-state index in [0.29, 0.717) is 25.9 Å². The van der Waals surface area contributed by atoms with Crippen LogP contribution in [0.1, 0.15) is 66.2 Å². The Kier molecular flexibility index (Phi) is 7.63. The van der Waals surface area contributed by atoms with Crippen LogP contribution in [-0.2, 0) is 19.1 Å². The molecule has 3 N–H and O–H groups in total. The first-order valence-corrected chi connectivity index (χ1v) is 12.0. The molecule has 176 valence electrons. The summed E-state index contributed by atoms with van der Waals surface area (Å²) in [7, 11) is 0. The highest BCUT2D eigenvalue weighted by molar-refractivity contribution is 5.99. The van der Waals surface area contributed by atoms with Gasteiger partial charge in [-0.3, -0.25) is 14.4 Å². The molecule has 3 amide bonds. The lowest BCUT2D eigenvalue weighted by Crippen LogP contribution is -2.59. The molecule has 8 nitrogen and oxygen atoms in total. The molecule has 0 saturated carbocycles.